The highest BCUT2D eigenvalue weighted by atomic mass is 32.2. The van der Waals surface area contributed by atoms with E-state index in [1.807, 2.05) is 0 Å². The lowest BCUT2D eigenvalue weighted by Crippen LogP contribution is -2.49. The molecule has 1 saturated carbocycles. The summed E-state index contributed by atoms with van der Waals surface area (Å²) >= 11 is 1.11. The number of hydrogen-bond donors (Lipinski definition) is 4. The normalized spacial score (nSPS) is 24.7. The van der Waals surface area contributed by atoms with Gasteiger partial charge in [-0.2, -0.15) is 4.98 Å². The molecule has 22 heavy (non-hydrogen) atoms. The van der Waals surface area contributed by atoms with Crippen LogP contribution in [0.15, 0.2) is 5.16 Å². The molecule has 1 aromatic heterocycles. The Morgan fingerprint density at radius 1 is 1.41 bits per heavy atom. The number of carbonyl (C=O) groups is 2. The first-order chi connectivity index (χ1) is 10.5. The molecule has 0 aromatic carbocycles. The molecule has 5 N–H and O–H groups in total. The van der Waals surface area contributed by atoms with E-state index < -0.39 is 6.03 Å². The molecule has 1 fully saturated rings. The molecule has 122 valence electrons. The minimum absolute atomic E-state index is 0.0569. The quantitative estimate of drug-likeness (QED) is 0.615. The van der Waals surface area contributed by atoms with Crippen LogP contribution < -0.4 is 16.4 Å². The summed E-state index contributed by atoms with van der Waals surface area (Å²) in [7, 11) is 0. The zero-order chi connectivity index (χ0) is 16.1. The molecule has 1 aromatic rings. The van der Waals surface area contributed by atoms with Gasteiger partial charge >= 0.3 is 6.03 Å². The number of thioether (sulfide) groups is 1. The Hall–Kier alpha value is -1.77. The molecule has 2 rings (SSSR count). The van der Waals surface area contributed by atoms with Crippen molar-refractivity contribution in [3.8, 4) is 0 Å². The number of hydrogen-bond acceptors (Lipinski definition) is 6. The highest BCUT2D eigenvalue weighted by Crippen LogP contribution is 2.29. The SMILES string of the molecule is C[C@H]1[C@H](C)CCC[C@@H]1NC(=O)NC(=O)CSc1n[nH]c(N)n1. The number of aromatic amines is 1. The van der Waals surface area contributed by atoms with Crippen LogP contribution in [0.25, 0.3) is 0 Å². The van der Waals surface area contributed by atoms with Crippen LogP contribution in [0.1, 0.15) is 33.1 Å². The van der Waals surface area contributed by atoms with Crippen molar-refractivity contribution >= 4 is 29.6 Å². The Morgan fingerprint density at radius 2 is 2.18 bits per heavy atom. The molecule has 1 heterocycles. The van der Waals surface area contributed by atoms with E-state index in [4.69, 9.17) is 5.73 Å². The maximum absolute atomic E-state index is 11.9. The number of imide groups is 1. The first-order valence-electron chi connectivity index (χ1n) is 7.36. The summed E-state index contributed by atoms with van der Waals surface area (Å²) in [6.07, 6.45) is 3.25. The van der Waals surface area contributed by atoms with E-state index in [0.717, 1.165) is 24.6 Å². The Balaban J connectivity index is 1.73. The standard InChI is InChI=1S/C13H22N6O2S/c1-7-4-3-5-9(8(7)2)15-12(21)16-10(20)6-22-13-17-11(14)18-19-13/h7-9H,3-6H2,1-2H3,(H3,14,17,18,19)(H2,15,16,20,21)/t7-,8+,9+/m1/s1. The van der Waals surface area contributed by atoms with Crippen molar-refractivity contribution in [2.45, 2.75) is 44.3 Å². The molecule has 3 amide bonds. The van der Waals surface area contributed by atoms with Gasteiger partial charge in [0.25, 0.3) is 0 Å². The van der Waals surface area contributed by atoms with Crippen molar-refractivity contribution in [1.29, 1.82) is 0 Å². The van der Waals surface area contributed by atoms with E-state index >= 15 is 0 Å². The van der Waals surface area contributed by atoms with E-state index in [2.05, 4.69) is 39.7 Å². The lowest BCUT2D eigenvalue weighted by Gasteiger charge is -2.34. The summed E-state index contributed by atoms with van der Waals surface area (Å²) in [5.41, 5.74) is 5.39. The van der Waals surface area contributed by atoms with Crippen molar-refractivity contribution in [3.05, 3.63) is 0 Å². The van der Waals surface area contributed by atoms with Gasteiger partial charge in [0.2, 0.25) is 17.0 Å². The minimum Gasteiger partial charge on any atom is -0.368 e. The maximum atomic E-state index is 11.9. The number of nitrogens with two attached hydrogens (primary N) is 1. The van der Waals surface area contributed by atoms with Gasteiger partial charge in [-0.1, -0.05) is 38.5 Å². The second-order valence-corrected chi connectivity index (χ2v) is 6.63. The number of nitrogens with zero attached hydrogens (tertiary/aromatic N) is 2. The fourth-order valence-electron chi connectivity index (χ4n) is 2.61. The lowest BCUT2D eigenvalue weighted by molar-refractivity contribution is -0.117. The van der Waals surface area contributed by atoms with Crippen LogP contribution in [-0.2, 0) is 4.79 Å². The van der Waals surface area contributed by atoms with Crippen molar-refractivity contribution in [2.24, 2.45) is 11.8 Å². The number of amides is 3. The monoisotopic (exact) mass is 326 g/mol. The Labute approximate surface area is 133 Å². The maximum Gasteiger partial charge on any atom is 0.321 e. The second-order valence-electron chi connectivity index (χ2n) is 5.69. The van der Waals surface area contributed by atoms with Crippen molar-refractivity contribution in [1.82, 2.24) is 25.8 Å². The van der Waals surface area contributed by atoms with E-state index in [1.165, 1.54) is 6.42 Å². The fourth-order valence-corrected chi connectivity index (χ4v) is 3.21. The average Bonchev–Trinajstić information content (AvgIpc) is 2.87. The van der Waals surface area contributed by atoms with Crippen molar-refractivity contribution in [3.63, 3.8) is 0 Å². The molecule has 8 nitrogen and oxygen atoms in total. The molecule has 1 aliphatic rings. The summed E-state index contributed by atoms with van der Waals surface area (Å²) in [6, 6.07) is -0.317. The van der Waals surface area contributed by atoms with Gasteiger partial charge in [0.15, 0.2) is 0 Å². The molecule has 0 spiro atoms. The largest absolute Gasteiger partial charge is 0.368 e. The molecule has 0 bridgehead atoms. The van der Waals surface area contributed by atoms with Gasteiger partial charge in [-0.25, -0.2) is 9.89 Å². The number of rotatable bonds is 4. The highest BCUT2D eigenvalue weighted by molar-refractivity contribution is 7.99. The number of anilines is 1. The number of aromatic nitrogens is 3. The summed E-state index contributed by atoms with van der Waals surface area (Å²) in [5, 5.41) is 11.9. The first kappa shape index (κ1) is 16.6. The van der Waals surface area contributed by atoms with Gasteiger partial charge in [0.1, 0.15) is 0 Å². The second kappa shape index (κ2) is 7.48. The molecule has 9 heteroatoms. The van der Waals surface area contributed by atoms with Gasteiger partial charge in [-0.05, 0) is 18.3 Å². The van der Waals surface area contributed by atoms with Crippen LogP contribution in [0.3, 0.4) is 0 Å². The third kappa shape index (κ3) is 4.62. The van der Waals surface area contributed by atoms with Crippen LogP contribution in [-0.4, -0.2) is 38.9 Å². The van der Waals surface area contributed by atoms with E-state index in [9.17, 15) is 9.59 Å². The molecule has 0 aliphatic heterocycles. The van der Waals surface area contributed by atoms with Gasteiger partial charge in [0, 0.05) is 6.04 Å². The van der Waals surface area contributed by atoms with Gasteiger partial charge in [0.05, 0.1) is 5.75 Å². The summed E-state index contributed by atoms with van der Waals surface area (Å²) < 4.78 is 0. The molecule has 0 unspecified atom stereocenters. The van der Waals surface area contributed by atoms with E-state index in [1.54, 1.807) is 0 Å². The van der Waals surface area contributed by atoms with Crippen LogP contribution >= 0.6 is 11.8 Å². The molecular formula is C13H22N6O2S. The first-order valence-corrected chi connectivity index (χ1v) is 8.35. The van der Waals surface area contributed by atoms with Gasteiger partial charge in [-0.3, -0.25) is 10.1 Å². The fraction of sp³-hybridized carbons (Fsp3) is 0.692. The number of H-pyrrole nitrogens is 1. The summed E-state index contributed by atoms with van der Waals surface area (Å²) in [4.78, 5) is 27.5. The zero-order valence-electron chi connectivity index (χ0n) is 12.8. The highest BCUT2D eigenvalue weighted by Gasteiger charge is 2.28. The van der Waals surface area contributed by atoms with Crippen LogP contribution in [0.4, 0.5) is 10.7 Å². The average molecular weight is 326 g/mol. The lowest BCUT2D eigenvalue weighted by atomic mass is 9.78. The van der Waals surface area contributed by atoms with Crippen molar-refractivity contribution < 1.29 is 9.59 Å². The third-order valence-corrected chi connectivity index (χ3v) is 4.94. The molecule has 1 aliphatic carbocycles. The smallest absolute Gasteiger partial charge is 0.321 e. The van der Waals surface area contributed by atoms with Gasteiger partial charge in [-0.15, -0.1) is 5.10 Å². The Morgan fingerprint density at radius 3 is 2.86 bits per heavy atom. The number of urea groups is 1. The van der Waals surface area contributed by atoms with Crippen LogP contribution in [0.2, 0.25) is 0 Å². The zero-order valence-corrected chi connectivity index (χ0v) is 13.6. The predicted molar refractivity (Wildman–Crippen MR) is 84.2 cm³/mol. The topological polar surface area (TPSA) is 126 Å². The predicted octanol–water partition coefficient (Wildman–Crippen LogP) is 1.13. The summed E-state index contributed by atoms with van der Waals surface area (Å²) in [5.74, 6) is 0.867. The van der Waals surface area contributed by atoms with Crippen molar-refractivity contribution in [2.75, 3.05) is 11.5 Å². The van der Waals surface area contributed by atoms with Crippen LogP contribution in [0.5, 0.6) is 0 Å². The minimum atomic E-state index is -0.439. The van der Waals surface area contributed by atoms with E-state index in [-0.39, 0.29) is 23.7 Å². The van der Waals surface area contributed by atoms with Crippen LogP contribution in [0, 0.1) is 11.8 Å². The number of carbonyl (C=O) groups excluding carboxylic acids is 2. The summed E-state index contributed by atoms with van der Waals surface area (Å²) in [6.45, 7) is 4.33. The molecule has 3 atom stereocenters. The Kier molecular flexibility index (Phi) is 5.64. The Bertz CT molecular complexity index is 534. The molecule has 0 saturated heterocycles. The molecule has 0 radical (unpaired) electrons. The number of nitrogen functional groups attached to an aromatic ring is 1. The van der Waals surface area contributed by atoms with E-state index in [0.29, 0.717) is 17.0 Å². The number of nitrogens with one attached hydrogen (secondary N) is 3. The third-order valence-electron chi connectivity index (χ3n) is 4.09. The van der Waals surface area contributed by atoms with Gasteiger partial charge < -0.3 is 11.1 Å². The molecular weight excluding hydrogens is 304 g/mol.